The second-order valence-corrected chi connectivity index (χ2v) is 7.83. The van der Waals surface area contributed by atoms with Gasteiger partial charge in [0.15, 0.2) is 0 Å². The topological polar surface area (TPSA) is 50.4 Å². The SMILES string of the molecule is CC1(C)CC(NC(=O)CCCOc2ccccc2)CC(C)(C)N1. The van der Waals surface area contributed by atoms with E-state index in [4.69, 9.17) is 4.74 Å². The van der Waals surface area contributed by atoms with Gasteiger partial charge < -0.3 is 15.4 Å². The maximum Gasteiger partial charge on any atom is 0.220 e. The molecular weight excluding hydrogens is 288 g/mol. The summed E-state index contributed by atoms with van der Waals surface area (Å²) in [4.78, 5) is 12.2. The minimum absolute atomic E-state index is 0.0517. The molecule has 4 heteroatoms. The molecule has 1 saturated heterocycles. The molecule has 0 saturated carbocycles. The molecule has 1 heterocycles. The molecule has 1 aliphatic rings. The molecule has 0 aromatic heterocycles. The Morgan fingerprint density at radius 2 is 1.78 bits per heavy atom. The number of hydrogen-bond donors (Lipinski definition) is 2. The number of ether oxygens (including phenoxy) is 1. The van der Waals surface area contributed by atoms with Crippen LogP contribution in [0.2, 0.25) is 0 Å². The van der Waals surface area contributed by atoms with Gasteiger partial charge in [0.05, 0.1) is 6.61 Å². The van der Waals surface area contributed by atoms with E-state index < -0.39 is 0 Å². The molecular formula is C19H30N2O2. The van der Waals surface area contributed by atoms with E-state index >= 15 is 0 Å². The lowest BCUT2D eigenvalue weighted by molar-refractivity contribution is -0.122. The second-order valence-electron chi connectivity index (χ2n) is 7.83. The number of carbonyl (C=O) groups excluding carboxylic acids is 1. The quantitative estimate of drug-likeness (QED) is 0.792. The number of hydrogen-bond acceptors (Lipinski definition) is 3. The molecule has 2 N–H and O–H groups in total. The summed E-state index contributed by atoms with van der Waals surface area (Å²) < 4.78 is 5.62. The summed E-state index contributed by atoms with van der Waals surface area (Å²) in [5.41, 5.74) is 0.103. The van der Waals surface area contributed by atoms with Gasteiger partial charge in [-0.1, -0.05) is 18.2 Å². The Morgan fingerprint density at radius 1 is 1.17 bits per heavy atom. The summed E-state index contributed by atoms with van der Waals surface area (Å²) in [6, 6.07) is 9.95. The highest BCUT2D eigenvalue weighted by molar-refractivity contribution is 5.76. The number of benzene rings is 1. The van der Waals surface area contributed by atoms with Crippen LogP contribution in [0.4, 0.5) is 0 Å². The summed E-state index contributed by atoms with van der Waals surface area (Å²) in [7, 11) is 0. The molecule has 23 heavy (non-hydrogen) atoms. The van der Waals surface area contributed by atoms with Crippen molar-refractivity contribution in [1.29, 1.82) is 0 Å². The van der Waals surface area contributed by atoms with Gasteiger partial charge in [0.2, 0.25) is 5.91 Å². The molecule has 2 rings (SSSR count). The van der Waals surface area contributed by atoms with Gasteiger partial charge >= 0.3 is 0 Å². The standard InChI is InChI=1S/C19H30N2O2/c1-18(2)13-15(14-19(3,4)21-18)20-17(22)11-8-12-23-16-9-6-5-7-10-16/h5-7,9-10,15,21H,8,11-14H2,1-4H3,(H,20,22). The second kappa shape index (κ2) is 7.35. The lowest BCUT2D eigenvalue weighted by Crippen LogP contribution is -2.62. The third kappa shape index (κ3) is 6.22. The van der Waals surface area contributed by atoms with Gasteiger partial charge in [0, 0.05) is 23.5 Å². The lowest BCUT2D eigenvalue weighted by atomic mass is 9.79. The number of rotatable bonds is 6. The largest absolute Gasteiger partial charge is 0.494 e. The van der Waals surface area contributed by atoms with Crippen molar-refractivity contribution in [2.24, 2.45) is 0 Å². The Hall–Kier alpha value is -1.55. The average molecular weight is 318 g/mol. The van der Waals surface area contributed by atoms with Crippen LogP contribution in [0.1, 0.15) is 53.4 Å². The number of nitrogens with one attached hydrogen (secondary N) is 2. The minimum atomic E-state index is 0.0517. The first-order chi connectivity index (χ1) is 10.8. The molecule has 0 unspecified atom stereocenters. The maximum absolute atomic E-state index is 12.2. The van der Waals surface area contributed by atoms with Crippen molar-refractivity contribution < 1.29 is 9.53 Å². The van der Waals surface area contributed by atoms with Crippen LogP contribution < -0.4 is 15.4 Å². The van der Waals surface area contributed by atoms with Gasteiger partial charge in [-0.2, -0.15) is 0 Å². The van der Waals surface area contributed by atoms with Crippen LogP contribution in [0.3, 0.4) is 0 Å². The molecule has 0 aliphatic carbocycles. The highest BCUT2D eigenvalue weighted by Crippen LogP contribution is 2.28. The number of piperidine rings is 1. The molecule has 1 aliphatic heterocycles. The molecule has 1 fully saturated rings. The van der Waals surface area contributed by atoms with E-state index in [1.165, 1.54) is 0 Å². The van der Waals surface area contributed by atoms with Crippen LogP contribution in [0.15, 0.2) is 30.3 Å². The third-order valence-corrected chi connectivity index (χ3v) is 4.12. The van der Waals surface area contributed by atoms with Crippen molar-refractivity contribution in [3.63, 3.8) is 0 Å². The van der Waals surface area contributed by atoms with Crippen LogP contribution in [-0.2, 0) is 4.79 Å². The Labute approximate surface area is 140 Å². The normalized spacial score (nSPS) is 20.0. The summed E-state index contributed by atoms with van der Waals surface area (Å²) in [5, 5.41) is 6.83. The van der Waals surface area contributed by atoms with E-state index in [9.17, 15) is 4.79 Å². The minimum Gasteiger partial charge on any atom is -0.494 e. The van der Waals surface area contributed by atoms with E-state index in [0.29, 0.717) is 13.0 Å². The summed E-state index contributed by atoms with van der Waals surface area (Å²) in [6.07, 6.45) is 3.17. The average Bonchev–Trinajstić information content (AvgIpc) is 2.41. The van der Waals surface area contributed by atoms with Crippen LogP contribution in [0.5, 0.6) is 5.75 Å². The first-order valence-electron chi connectivity index (χ1n) is 8.52. The predicted molar refractivity (Wildman–Crippen MR) is 93.6 cm³/mol. The molecule has 0 spiro atoms. The van der Waals surface area contributed by atoms with Crippen molar-refractivity contribution in [2.75, 3.05) is 6.61 Å². The number of carbonyl (C=O) groups is 1. The van der Waals surface area contributed by atoms with Gasteiger partial charge in [-0.3, -0.25) is 4.79 Å². The summed E-state index contributed by atoms with van der Waals surface area (Å²) in [5.74, 6) is 0.981. The highest BCUT2D eigenvalue weighted by Gasteiger charge is 2.37. The zero-order valence-corrected chi connectivity index (χ0v) is 14.8. The fraction of sp³-hybridized carbons (Fsp3) is 0.632. The van der Waals surface area contributed by atoms with Crippen molar-refractivity contribution in [3.05, 3.63) is 30.3 Å². The van der Waals surface area contributed by atoms with E-state index in [2.05, 4.69) is 38.3 Å². The predicted octanol–water partition coefficient (Wildman–Crippen LogP) is 3.27. The van der Waals surface area contributed by atoms with Gasteiger partial charge in [-0.15, -0.1) is 0 Å². The zero-order valence-electron chi connectivity index (χ0n) is 14.8. The molecule has 1 aromatic carbocycles. The third-order valence-electron chi connectivity index (χ3n) is 4.12. The maximum atomic E-state index is 12.2. The van der Waals surface area contributed by atoms with E-state index in [0.717, 1.165) is 25.0 Å². The van der Waals surface area contributed by atoms with Gasteiger partial charge in [-0.05, 0) is 59.1 Å². The van der Waals surface area contributed by atoms with E-state index in [-0.39, 0.29) is 23.0 Å². The summed E-state index contributed by atoms with van der Waals surface area (Å²) in [6.45, 7) is 9.35. The van der Waals surface area contributed by atoms with E-state index in [1.54, 1.807) is 0 Å². The summed E-state index contributed by atoms with van der Waals surface area (Å²) >= 11 is 0. The Kier molecular flexibility index (Phi) is 5.69. The van der Waals surface area contributed by atoms with Crippen LogP contribution in [0, 0.1) is 0 Å². The first-order valence-corrected chi connectivity index (χ1v) is 8.52. The molecule has 0 radical (unpaired) electrons. The van der Waals surface area contributed by atoms with Crippen molar-refractivity contribution >= 4 is 5.91 Å². The molecule has 1 aromatic rings. The van der Waals surface area contributed by atoms with Crippen molar-refractivity contribution in [2.45, 2.75) is 70.5 Å². The fourth-order valence-electron chi connectivity index (χ4n) is 3.66. The van der Waals surface area contributed by atoms with Crippen LogP contribution in [0.25, 0.3) is 0 Å². The zero-order chi connectivity index (χ0) is 16.9. The van der Waals surface area contributed by atoms with Crippen LogP contribution >= 0.6 is 0 Å². The van der Waals surface area contributed by atoms with Crippen LogP contribution in [-0.4, -0.2) is 29.6 Å². The monoisotopic (exact) mass is 318 g/mol. The molecule has 1 amide bonds. The molecule has 0 bridgehead atoms. The Balaban J connectivity index is 1.70. The number of amides is 1. The Morgan fingerprint density at radius 3 is 2.39 bits per heavy atom. The van der Waals surface area contributed by atoms with Gasteiger partial charge in [-0.25, -0.2) is 0 Å². The lowest BCUT2D eigenvalue weighted by Gasteiger charge is -2.46. The number of para-hydroxylation sites is 1. The Bertz CT molecular complexity index is 495. The van der Waals surface area contributed by atoms with Crippen molar-refractivity contribution in [1.82, 2.24) is 10.6 Å². The van der Waals surface area contributed by atoms with Gasteiger partial charge in [0.1, 0.15) is 5.75 Å². The van der Waals surface area contributed by atoms with E-state index in [1.807, 2.05) is 30.3 Å². The smallest absolute Gasteiger partial charge is 0.220 e. The first kappa shape index (κ1) is 17.8. The highest BCUT2D eigenvalue weighted by atomic mass is 16.5. The fourth-order valence-corrected chi connectivity index (χ4v) is 3.66. The molecule has 128 valence electrons. The molecule has 4 nitrogen and oxygen atoms in total. The van der Waals surface area contributed by atoms with Gasteiger partial charge in [0.25, 0.3) is 0 Å². The van der Waals surface area contributed by atoms with Crippen molar-refractivity contribution in [3.8, 4) is 5.75 Å². The molecule has 0 atom stereocenters.